The van der Waals surface area contributed by atoms with Crippen molar-refractivity contribution < 1.29 is 4.79 Å². The summed E-state index contributed by atoms with van der Waals surface area (Å²) in [5, 5.41) is 1.10. The van der Waals surface area contributed by atoms with Gasteiger partial charge in [-0.15, -0.1) is 0 Å². The van der Waals surface area contributed by atoms with Gasteiger partial charge in [-0.2, -0.15) is 0 Å². The van der Waals surface area contributed by atoms with Crippen LogP contribution in [0.3, 0.4) is 0 Å². The lowest BCUT2D eigenvalue weighted by molar-refractivity contribution is 0.112. The van der Waals surface area contributed by atoms with E-state index in [1.807, 2.05) is 45.0 Å². The molecule has 0 atom stereocenters. The number of benzene rings is 1. The molecule has 0 aliphatic carbocycles. The first-order valence-corrected chi connectivity index (χ1v) is 6.62. The van der Waals surface area contributed by atoms with Gasteiger partial charge in [0.15, 0.2) is 6.29 Å². The van der Waals surface area contributed by atoms with Gasteiger partial charge in [-0.25, -0.2) is 0 Å². The van der Waals surface area contributed by atoms with E-state index in [2.05, 4.69) is 21.7 Å². The van der Waals surface area contributed by atoms with Crippen LogP contribution in [-0.2, 0) is 0 Å². The fraction of sp³-hybridized carbons (Fsp3) is 0.176. The summed E-state index contributed by atoms with van der Waals surface area (Å²) in [6, 6.07) is 12.1. The zero-order valence-corrected chi connectivity index (χ0v) is 11.8. The van der Waals surface area contributed by atoms with Crippen LogP contribution in [0.1, 0.15) is 27.4 Å². The van der Waals surface area contributed by atoms with Crippen molar-refractivity contribution in [2.75, 3.05) is 0 Å². The summed E-state index contributed by atoms with van der Waals surface area (Å²) in [5.41, 5.74) is 5.70. The Hall–Kier alpha value is -2.42. The highest BCUT2D eigenvalue weighted by Crippen LogP contribution is 2.25. The van der Waals surface area contributed by atoms with Crippen molar-refractivity contribution in [1.82, 2.24) is 9.55 Å². The molecule has 3 aromatic rings. The molecule has 20 heavy (non-hydrogen) atoms. The van der Waals surface area contributed by atoms with Crippen molar-refractivity contribution in [3.05, 3.63) is 59.0 Å². The highest BCUT2D eigenvalue weighted by Gasteiger charge is 2.13. The van der Waals surface area contributed by atoms with E-state index in [0.29, 0.717) is 0 Å². The van der Waals surface area contributed by atoms with Gasteiger partial charge in [0.25, 0.3) is 0 Å². The number of para-hydroxylation sites is 1. The van der Waals surface area contributed by atoms with Crippen molar-refractivity contribution in [2.45, 2.75) is 20.8 Å². The molecule has 0 radical (unpaired) electrons. The fourth-order valence-corrected chi connectivity index (χ4v) is 2.69. The SMILES string of the molecule is Cc1ccc2cccc(-n3c(C)cc(C=O)c3C)c2n1. The Labute approximate surface area is 117 Å². The Morgan fingerprint density at radius 3 is 2.60 bits per heavy atom. The first-order valence-electron chi connectivity index (χ1n) is 6.62. The molecule has 1 aromatic carbocycles. The molecule has 0 saturated carbocycles. The Balaban J connectivity index is 2.38. The van der Waals surface area contributed by atoms with Gasteiger partial charge in [-0.05, 0) is 39.0 Å². The van der Waals surface area contributed by atoms with Crippen molar-refractivity contribution >= 4 is 17.2 Å². The van der Waals surface area contributed by atoms with Gasteiger partial charge in [0.1, 0.15) is 0 Å². The lowest BCUT2D eigenvalue weighted by atomic mass is 10.1. The second kappa shape index (κ2) is 4.60. The highest BCUT2D eigenvalue weighted by atomic mass is 16.1. The summed E-state index contributed by atoms with van der Waals surface area (Å²) in [7, 11) is 0. The van der Waals surface area contributed by atoms with E-state index in [1.54, 1.807) is 0 Å². The predicted octanol–water partition coefficient (Wildman–Crippen LogP) is 3.76. The molecule has 0 bridgehead atoms. The van der Waals surface area contributed by atoms with Crippen LogP contribution in [0.5, 0.6) is 0 Å². The number of rotatable bonds is 2. The summed E-state index contributed by atoms with van der Waals surface area (Å²) >= 11 is 0. The first-order chi connectivity index (χ1) is 9.61. The zero-order valence-electron chi connectivity index (χ0n) is 11.8. The third-order valence-corrected chi connectivity index (χ3v) is 3.68. The molecule has 0 amide bonds. The number of fused-ring (bicyclic) bond motifs is 1. The van der Waals surface area contributed by atoms with Crippen molar-refractivity contribution in [3.63, 3.8) is 0 Å². The first kappa shape index (κ1) is 12.6. The van der Waals surface area contributed by atoms with Gasteiger partial charge in [0, 0.05) is 28.0 Å². The molecule has 2 aromatic heterocycles. The fourth-order valence-electron chi connectivity index (χ4n) is 2.69. The summed E-state index contributed by atoms with van der Waals surface area (Å²) < 4.78 is 2.10. The van der Waals surface area contributed by atoms with Gasteiger partial charge < -0.3 is 4.57 Å². The number of carbonyl (C=O) groups excluding carboxylic acids is 1. The number of carbonyl (C=O) groups is 1. The summed E-state index contributed by atoms with van der Waals surface area (Å²) in [6.45, 7) is 5.96. The molecular weight excluding hydrogens is 248 g/mol. The second-order valence-corrected chi connectivity index (χ2v) is 5.08. The van der Waals surface area contributed by atoms with Crippen LogP contribution >= 0.6 is 0 Å². The molecule has 0 unspecified atom stereocenters. The van der Waals surface area contributed by atoms with Crippen LogP contribution in [0.2, 0.25) is 0 Å². The average Bonchev–Trinajstić information content (AvgIpc) is 2.73. The number of nitrogens with zero attached hydrogens (tertiary/aromatic N) is 2. The van der Waals surface area contributed by atoms with Gasteiger partial charge >= 0.3 is 0 Å². The Morgan fingerprint density at radius 2 is 1.90 bits per heavy atom. The third kappa shape index (κ3) is 1.83. The minimum atomic E-state index is 0.729. The average molecular weight is 264 g/mol. The van der Waals surface area contributed by atoms with E-state index in [9.17, 15) is 4.79 Å². The zero-order chi connectivity index (χ0) is 14.3. The van der Waals surface area contributed by atoms with E-state index < -0.39 is 0 Å². The van der Waals surface area contributed by atoms with Gasteiger partial charge in [0.2, 0.25) is 0 Å². The van der Waals surface area contributed by atoms with E-state index in [0.717, 1.165) is 45.5 Å². The molecular formula is C17H16N2O. The minimum Gasteiger partial charge on any atom is -0.316 e. The lowest BCUT2D eigenvalue weighted by Gasteiger charge is -2.12. The molecule has 0 fully saturated rings. The van der Waals surface area contributed by atoms with E-state index in [-0.39, 0.29) is 0 Å². The predicted molar refractivity (Wildman–Crippen MR) is 80.7 cm³/mol. The number of hydrogen-bond acceptors (Lipinski definition) is 2. The Kier molecular flexibility index (Phi) is 2.90. The normalized spacial score (nSPS) is 10.9. The Morgan fingerprint density at radius 1 is 1.10 bits per heavy atom. The van der Waals surface area contributed by atoms with Crippen LogP contribution < -0.4 is 0 Å². The van der Waals surface area contributed by atoms with Crippen LogP contribution in [0.4, 0.5) is 0 Å². The van der Waals surface area contributed by atoms with E-state index in [1.165, 1.54) is 0 Å². The van der Waals surface area contributed by atoms with Gasteiger partial charge in [-0.1, -0.05) is 18.2 Å². The highest BCUT2D eigenvalue weighted by molar-refractivity contribution is 5.87. The van der Waals surface area contributed by atoms with Crippen LogP contribution in [-0.4, -0.2) is 15.8 Å². The van der Waals surface area contributed by atoms with E-state index >= 15 is 0 Å². The minimum absolute atomic E-state index is 0.729. The number of hydrogen-bond donors (Lipinski definition) is 0. The second-order valence-electron chi connectivity index (χ2n) is 5.08. The molecule has 3 heteroatoms. The van der Waals surface area contributed by atoms with Crippen molar-refractivity contribution in [2.24, 2.45) is 0 Å². The maximum absolute atomic E-state index is 11.1. The maximum atomic E-state index is 11.1. The van der Waals surface area contributed by atoms with Crippen LogP contribution in [0.25, 0.3) is 16.6 Å². The van der Waals surface area contributed by atoms with Crippen LogP contribution in [0.15, 0.2) is 36.4 Å². The molecule has 100 valence electrons. The topological polar surface area (TPSA) is 34.9 Å². The molecule has 0 N–H and O–H groups in total. The van der Waals surface area contributed by atoms with Crippen LogP contribution in [0, 0.1) is 20.8 Å². The maximum Gasteiger partial charge on any atom is 0.151 e. The number of aromatic nitrogens is 2. The number of aryl methyl sites for hydroxylation is 2. The smallest absolute Gasteiger partial charge is 0.151 e. The summed E-state index contributed by atoms with van der Waals surface area (Å²) in [5.74, 6) is 0. The molecule has 0 aliphatic rings. The van der Waals surface area contributed by atoms with Gasteiger partial charge in [-0.3, -0.25) is 9.78 Å². The quantitative estimate of drug-likeness (QED) is 0.660. The molecule has 0 spiro atoms. The number of pyridine rings is 1. The summed E-state index contributed by atoms with van der Waals surface area (Å²) in [6.07, 6.45) is 0.905. The molecule has 3 rings (SSSR count). The third-order valence-electron chi connectivity index (χ3n) is 3.68. The van der Waals surface area contributed by atoms with Gasteiger partial charge in [0.05, 0.1) is 11.2 Å². The summed E-state index contributed by atoms with van der Waals surface area (Å²) in [4.78, 5) is 15.8. The molecule has 0 aliphatic heterocycles. The van der Waals surface area contributed by atoms with Crippen molar-refractivity contribution in [1.29, 1.82) is 0 Å². The molecule has 2 heterocycles. The monoisotopic (exact) mass is 264 g/mol. The lowest BCUT2D eigenvalue weighted by Crippen LogP contribution is -2.01. The Bertz CT molecular complexity index is 815. The van der Waals surface area contributed by atoms with Crippen molar-refractivity contribution in [3.8, 4) is 5.69 Å². The molecule has 3 nitrogen and oxygen atoms in total. The van der Waals surface area contributed by atoms with E-state index in [4.69, 9.17) is 0 Å². The standard InChI is InChI=1S/C17H16N2O/c1-11-7-8-14-5-4-6-16(17(14)18-11)19-12(2)9-15(10-20)13(19)3/h4-10H,1-3H3. The number of aldehydes is 1. The largest absolute Gasteiger partial charge is 0.316 e. The molecule has 0 saturated heterocycles.